The summed E-state index contributed by atoms with van der Waals surface area (Å²) in [6.45, 7) is 0.997. The maximum atomic E-state index is 12.5. The third kappa shape index (κ3) is 4.39. The largest absolute Gasteiger partial charge is 0.493 e. The van der Waals surface area contributed by atoms with Crippen LogP contribution in [0.15, 0.2) is 42.5 Å². The lowest BCUT2D eigenvalue weighted by molar-refractivity contribution is 0.102. The Morgan fingerprint density at radius 1 is 0.958 bits per heavy atom. The summed E-state index contributed by atoms with van der Waals surface area (Å²) in [6.07, 6.45) is 0. The van der Waals surface area contributed by atoms with E-state index < -0.39 is 0 Å². The first-order chi connectivity index (χ1) is 11.7. The molecule has 0 bridgehead atoms. The van der Waals surface area contributed by atoms with Gasteiger partial charge < -0.3 is 24.3 Å². The lowest BCUT2D eigenvalue weighted by atomic mass is 10.1. The molecule has 0 heterocycles. The van der Waals surface area contributed by atoms with Gasteiger partial charge in [0, 0.05) is 12.8 Å². The molecule has 1 amide bonds. The topological polar surface area (TPSA) is 66.0 Å². The minimum atomic E-state index is -0.279. The number of methoxy groups -OCH3 is 3. The van der Waals surface area contributed by atoms with Crippen molar-refractivity contribution < 1.29 is 23.7 Å². The Morgan fingerprint density at radius 3 is 2.33 bits per heavy atom. The van der Waals surface area contributed by atoms with Gasteiger partial charge in [0.25, 0.3) is 5.91 Å². The monoisotopic (exact) mass is 331 g/mol. The Morgan fingerprint density at radius 2 is 1.71 bits per heavy atom. The summed E-state index contributed by atoms with van der Waals surface area (Å²) in [5.41, 5.74) is 1.06. The second kappa shape index (κ2) is 8.79. The zero-order valence-electron chi connectivity index (χ0n) is 14.0. The van der Waals surface area contributed by atoms with Gasteiger partial charge >= 0.3 is 0 Å². The molecular formula is C18H21NO5. The summed E-state index contributed by atoms with van der Waals surface area (Å²) >= 11 is 0. The van der Waals surface area contributed by atoms with E-state index in [0.29, 0.717) is 41.7 Å². The molecule has 0 spiro atoms. The van der Waals surface area contributed by atoms with Gasteiger partial charge in [-0.3, -0.25) is 4.79 Å². The average Bonchev–Trinajstić information content (AvgIpc) is 2.62. The molecule has 0 aliphatic carbocycles. The fraction of sp³-hybridized carbons (Fsp3) is 0.278. The number of ether oxygens (including phenoxy) is 4. The lowest BCUT2D eigenvalue weighted by Crippen LogP contribution is -2.13. The Hall–Kier alpha value is -2.73. The molecule has 24 heavy (non-hydrogen) atoms. The number of para-hydroxylation sites is 1. The summed E-state index contributed by atoms with van der Waals surface area (Å²) < 4.78 is 20.9. The van der Waals surface area contributed by atoms with Gasteiger partial charge in [0.2, 0.25) is 0 Å². The van der Waals surface area contributed by atoms with Gasteiger partial charge in [0.1, 0.15) is 12.4 Å². The van der Waals surface area contributed by atoms with Crippen LogP contribution < -0.4 is 19.5 Å². The zero-order chi connectivity index (χ0) is 17.4. The SMILES string of the molecule is COCCOc1ccc(NC(=O)c2cccc(OC)c2OC)cc1. The Bertz CT molecular complexity index is 670. The van der Waals surface area contributed by atoms with Gasteiger partial charge in [0.15, 0.2) is 11.5 Å². The van der Waals surface area contributed by atoms with Gasteiger partial charge in [0.05, 0.1) is 26.4 Å². The number of carbonyl (C=O) groups excluding carboxylic acids is 1. The molecule has 2 rings (SSSR count). The summed E-state index contributed by atoms with van der Waals surface area (Å²) in [7, 11) is 4.65. The van der Waals surface area contributed by atoms with Crippen molar-refractivity contribution in [2.75, 3.05) is 39.9 Å². The van der Waals surface area contributed by atoms with Gasteiger partial charge in [-0.05, 0) is 36.4 Å². The summed E-state index contributed by atoms with van der Waals surface area (Å²) in [6, 6.07) is 12.3. The maximum absolute atomic E-state index is 12.5. The third-order valence-corrected chi connectivity index (χ3v) is 3.32. The maximum Gasteiger partial charge on any atom is 0.259 e. The number of carbonyl (C=O) groups is 1. The van der Waals surface area contributed by atoms with Crippen LogP contribution in [0.3, 0.4) is 0 Å². The smallest absolute Gasteiger partial charge is 0.259 e. The van der Waals surface area contributed by atoms with E-state index in [2.05, 4.69) is 5.32 Å². The fourth-order valence-corrected chi connectivity index (χ4v) is 2.14. The Labute approximate surface area is 141 Å². The van der Waals surface area contributed by atoms with Crippen molar-refractivity contribution in [3.8, 4) is 17.2 Å². The molecule has 128 valence electrons. The van der Waals surface area contributed by atoms with E-state index in [9.17, 15) is 4.79 Å². The second-order valence-corrected chi connectivity index (χ2v) is 4.86. The number of hydrogen-bond donors (Lipinski definition) is 1. The van der Waals surface area contributed by atoms with E-state index in [0.717, 1.165) is 0 Å². The minimum absolute atomic E-state index is 0.279. The molecule has 6 nitrogen and oxygen atoms in total. The van der Waals surface area contributed by atoms with Gasteiger partial charge in [-0.1, -0.05) is 6.07 Å². The molecule has 0 radical (unpaired) electrons. The molecule has 0 aromatic heterocycles. The van der Waals surface area contributed by atoms with Crippen LogP contribution in [0.1, 0.15) is 10.4 Å². The highest BCUT2D eigenvalue weighted by Gasteiger charge is 2.16. The van der Waals surface area contributed by atoms with E-state index >= 15 is 0 Å². The van der Waals surface area contributed by atoms with Crippen LogP contribution in [0.4, 0.5) is 5.69 Å². The molecule has 0 fully saturated rings. The number of nitrogens with one attached hydrogen (secondary N) is 1. The highest BCUT2D eigenvalue weighted by molar-refractivity contribution is 6.06. The number of benzene rings is 2. The standard InChI is InChI=1S/C18H21NO5/c1-21-11-12-24-14-9-7-13(8-10-14)19-18(20)15-5-4-6-16(22-2)17(15)23-3/h4-10H,11-12H2,1-3H3,(H,19,20). The van der Waals surface area contributed by atoms with E-state index in [1.807, 2.05) is 0 Å². The molecule has 6 heteroatoms. The normalized spacial score (nSPS) is 10.1. The van der Waals surface area contributed by atoms with Crippen LogP contribution in [-0.4, -0.2) is 40.5 Å². The molecule has 1 N–H and O–H groups in total. The highest BCUT2D eigenvalue weighted by Crippen LogP contribution is 2.31. The predicted octanol–water partition coefficient (Wildman–Crippen LogP) is 2.98. The summed E-state index contributed by atoms with van der Waals surface area (Å²) in [4.78, 5) is 12.5. The molecule has 0 aliphatic rings. The van der Waals surface area contributed by atoms with E-state index in [1.165, 1.54) is 14.2 Å². The van der Waals surface area contributed by atoms with Crippen molar-refractivity contribution >= 4 is 11.6 Å². The Balaban J connectivity index is 2.07. The van der Waals surface area contributed by atoms with Crippen LogP contribution >= 0.6 is 0 Å². The first-order valence-corrected chi connectivity index (χ1v) is 7.43. The number of amides is 1. The molecule has 0 saturated carbocycles. The molecule has 0 atom stereocenters. The quantitative estimate of drug-likeness (QED) is 0.753. The first-order valence-electron chi connectivity index (χ1n) is 7.43. The highest BCUT2D eigenvalue weighted by atomic mass is 16.5. The van der Waals surface area contributed by atoms with Crippen LogP contribution in [-0.2, 0) is 4.74 Å². The van der Waals surface area contributed by atoms with E-state index in [-0.39, 0.29) is 5.91 Å². The van der Waals surface area contributed by atoms with Crippen molar-refractivity contribution in [3.63, 3.8) is 0 Å². The number of hydrogen-bond acceptors (Lipinski definition) is 5. The lowest BCUT2D eigenvalue weighted by Gasteiger charge is -2.13. The van der Waals surface area contributed by atoms with Crippen molar-refractivity contribution in [2.24, 2.45) is 0 Å². The fourth-order valence-electron chi connectivity index (χ4n) is 2.14. The second-order valence-electron chi connectivity index (χ2n) is 4.86. The van der Waals surface area contributed by atoms with Gasteiger partial charge in [-0.25, -0.2) is 0 Å². The van der Waals surface area contributed by atoms with Crippen molar-refractivity contribution in [3.05, 3.63) is 48.0 Å². The van der Waals surface area contributed by atoms with Crippen molar-refractivity contribution in [1.29, 1.82) is 0 Å². The minimum Gasteiger partial charge on any atom is -0.493 e. The number of anilines is 1. The van der Waals surface area contributed by atoms with E-state index in [1.54, 1.807) is 49.6 Å². The van der Waals surface area contributed by atoms with Crippen LogP contribution in [0, 0.1) is 0 Å². The van der Waals surface area contributed by atoms with Gasteiger partial charge in [-0.15, -0.1) is 0 Å². The van der Waals surface area contributed by atoms with Crippen molar-refractivity contribution in [1.82, 2.24) is 0 Å². The van der Waals surface area contributed by atoms with Crippen molar-refractivity contribution in [2.45, 2.75) is 0 Å². The first kappa shape index (κ1) is 17.6. The molecule has 2 aromatic carbocycles. The molecule has 0 aliphatic heterocycles. The van der Waals surface area contributed by atoms with Crippen LogP contribution in [0.5, 0.6) is 17.2 Å². The predicted molar refractivity (Wildman–Crippen MR) is 91.3 cm³/mol. The zero-order valence-corrected chi connectivity index (χ0v) is 14.0. The number of rotatable bonds is 8. The Kier molecular flexibility index (Phi) is 6.45. The third-order valence-electron chi connectivity index (χ3n) is 3.32. The summed E-state index contributed by atoms with van der Waals surface area (Å²) in [5.74, 6) is 1.34. The molecule has 0 saturated heterocycles. The summed E-state index contributed by atoms with van der Waals surface area (Å²) in [5, 5.41) is 2.82. The molecule has 0 unspecified atom stereocenters. The van der Waals surface area contributed by atoms with Gasteiger partial charge in [-0.2, -0.15) is 0 Å². The van der Waals surface area contributed by atoms with E-state index in [4.69, 9.17) is 18.9 Å². The van der Waals surface area contributed by atoms with Crippen LogP contribution in [0.2, 0.25) is 0 Å². The van der Waals surface area contributed by atoms with Crippen LogP contribution in [0.25, 0.3) is 0 Å². The molecule has 2 aromatic rings. The average molecular weight is 331 g/mol. The molecular weight excluding hydrogens is 310 g/mol.